The lowest BCUT2D eigenvalue weighted by molar-refractivity contribution is -0.149. The maximum Gasteiger partial charge on any atom is 0.308 e. The summed E-state index contributed by atoms with van der Waals surface area (Å²) in [5.41, 5.74) is 0.625. The highest BCUT2D eigenvalue weighted by molar-refractivity contribution is 5.80. The molecular weight excluding hydrogens is 357 g/mol. The molecule has 3 rings (SSSR count). The number of nitrogens with zero attached hydrogens (tertiary/aromatic N) is 1. The minimum atomic E-state index is -0.157. The third-order valence-corrected chi connectivity index (χ3v) is 5.87. The number of benzene rings is 1. The van der Waals surface area contributed by atoms with Gasteiger partial charge in [0.1, 0.15) is 5.82 Å². The molecule has 2 aliphatic carbocycles. The number of rotatable bonds is 7. The van der Waals surface area contributed by atoms with E-state index in [0.717, 1.165) is 56.6 Å². The molecule has 0 amide bonds. The van der Waals surface area contributed by atoms with E-state index in [2.05, 4.69) is 10.6 Å². The second kappa shape index (κ2) is 9.39. The Labute approximate surface area is 167 Å². The first kappa shape index (κ1) is 20.6. The summed E-state index contributed by atoms with van der Waals surface area (Å²) in [6.45, 7) is 5.69. The summed E-state index contributed by atoms with van der Waals surface area (Å²) in [5, 5.41) is 6.81. The van der Waals surface area contributed by atoms with Gasteiger partial charge >= 0.3 is 5.97 Å². The minimum absolute atomic E-state index is 0.0216. The number of carbonyl (C=O) groups is 1. The molecule has 0 heterocycles. The monoisotopic (exact) mass is 389 g/mol. The largest absolute Gasteiger partial charge is 0.466 e. The first-order valence-corrected chi connectivity index (χ1v) is 10.5. The SMILES string of the molecule is CCNC(=NCC1(c2ccccc2F)CC1)NC1CCC(C(=O)OCC)CC1. The van der Waals surface area contributed by atoms with E-state index in [1.807, 2.05) is 26.0 Å². The van der Waals surface area contributed by atoms with Crippen LogP contribution in [0, 0.1) is 11.7 Å². The van der Waals surface area contributed by atoms with Crippen molar-refractivity contribution in [3.63, 3.8) is 0 Å². The molecule has 28 heavy (non-hydrogen) atoms. The Morgan fingerprint density at radius 2 is 1.93 bits per heavy atom. The zero-order valence-corrected chi connectivity index (χ0v) is 17.0. The molecule has 2 aliphatic rings. The third-order valence-electron chi connectivity index (χ3n) is 5.87. The maximum atomic E-state index is 14.2. The smallest absolute Gasteiger partial charge is 0.308 e. The molecule has 1 aromatic rings. The van der Waals surface area contributed by atoms with Crippen molar-refractivity contribution in [1.82, 2.24) is 10.6 Å². The number of guanidine groups is 1. The Morgan fingerprint density at radius 1 is 1.21 bits per heavy atom. The van der Waals surface area contributed by atoms with Gasteiger partial charge in [-0.2, -0.15) is 0 Å². The zero-order valence-electron chi connectivity index (χ0n) is 17.0. The molecule has 2 fully saturated rings. The van der Waals surface area contributed by atoms with Crippen LogP contribution >= 0.6 is 0 Å². The van der Waals surface area contributed by atoms with Gasteiger partial charge in [-0.3, -0.25) is 9.79 Å². The summed E-state index contributed by atoms with van der Waals surface area (Å²) in [7, 11) is 0. The van der Waals surface area contributed by atoms with Crippen LogP contribution in [0.2, 0.25) is 0 Å². The summed E-state index contributed by atoms with van der Waals surface area (Å²) < 4.78 is 19.4. The molecule has 0 saturated heterocycles. The van der Waals surface area contributed by atoms with E-state index in [1.54, 1.807) is 6.07 Å². The lowest BCUT2D eigenvalue weighted by Crippen LogP contribution is -2.45. The van der Waals surface area contributed by atoms with Gasteiger partial charge in [-0.1, -0.05) is 18.2 Å². The lowest BCUT2D eigenvalue weighted by Gasteiger charge is -2.29. The van der Waals surface area contributed by atoms with Gasteiger partial charge in [-0.05, 0) is 64.0 Å². The molecule has 0 radical (unpaired) electrons. The molecule has 0 atom stereocenters. The average molecular weight is 390 g/mol. The van der Waals surface area contributed by atoms with Crippen molar-refractivity contribution in [1.29, 1.82) is 0 Å². The van der Waals surface area contributed by atoms with E-state index < -0.39 is 0 Å². The van der Waals surface area contributed by atoms with Crippen LogP contribution in [0.5, 0.6) is 0 Å². The highest BCUT2D eigenvalue weighted by atomic mass is 19.1. The fourth-order valence-electron chi connectivity index (χ4n) is 4.03. The Morgan fingerprint density at radius 3 is 2.54 bits per heavy atom. The van der Waals surface area contributed by atoms with Crippen molar-refractivity contribution >= 4 is 11.9 Å². The van der Waals surface area contributed by atoms with Gasteiger partial charge in [0.2, 0.25) is 0 Å². The number of nitrogens with one attached hydrogen (secondary N) is 2. The topological polar surface area (TPSA) is 62.7 Å². The van der Waals surface area contributed by atoms with Crippen molar-refractivity contribution in [2.24, 2.45) is 10.9 Å². The van der Waals surface area contributed by atoms with Crippen LogP contribution in [0.1, 0.15) is 57.9 Å². The molecule has 0 spiro atoms. The highest BCUT2D eigenvalue weighted by Gasteiger charge is 2.45. The highest BCUT2D eigenvalue weighted by Crippen LogP contribution is 2.49. The normalized spacial score (nSPS) is 23.8. The first-order chi connectivity index (χ1) is 13.6. The number of aliphatic imine (C=N–C) groups is 1. The molecular formula is C22H32FN3O2. The number of halogens is 1. The van der Waals surface area contributed by atoms with E-state index in [9.17, 15) is 9.18 Å². The molecule has 154 valence electrons. The van der Waals surface area contributed by atoms with Crippen molar-refractivity contribution in [2.75, 3.05) is 19.7 Å². The van der Waals surface area contributed by atoms with E-state index in [4.69, 9.17) is 9.73 Å². The van der Waals surface area contributed by atoms with Crippen molar-refractivity contribution in [2.45, 2.75) is 63.8 Å². The van der Waals surface area contributed by atoms with Crippen LogP contribution in [0.3, 0.4) is 0 Å². The van der Waals surface area contributed by atoms with E-state index in [0.29, 0.717) is 19.2 Å². The predicted octanol–water partition coefficient (Wildman–Crippen LogP) is 3.53. The maximum absolute atomic E-state index is 14.2. The summed E-state index contributed by atoms with van der Waals surface area (Å²) >= 11 is 0. The predicted molar refractivity (Wildman–Crippen MR) is 109 cm³/mol. The van der Waals surface area contributed by atoms with Gasteiger partial charge in [0.25, 0.3) is 0 Å². The van der Waals surface area contributed by atoms with Crippen molar-refractivity contribution in [3.05, 3.63) is 35.6 Å². The second-order valence-corrected chi connectivity index (χ2v) is 7.90. The number of hydrogen-bond acceptors (Lipinski definition) is 3. The molecule has 0 aromatic heterocycles. The van der Waals surface area contributed by atoms with Gasteiger partial charge in [0.05, 0.1) is 19.1 Å². The molecule has 5 nitrogen and oxygen atoms in total. The van der Waals surface area contributed by atoms with E-state index in [1.165, 1.54) is 6.07 Å². The lowest BCUT2D eigenvalue weighted by atomic mass is 9.86. The number of carbonyl (C=O) groups excluding carboxylic acids is 1. The van der Waals surface area contributed by atoms with Gasteiger partial charge in [-0.15, -0.1) is 0 Å². The van der Waals surface area contributed by atoms with Gasteiger partial charge < -0.3 is 15.4 Å². The third kappa shape index (κ3) is 5.03. The summed E-state index contributed by atoms with van der Waals surface area (Å²) in [6.07, 6.45) is 5.48. The molecule has 0 unspecified atom stereocenters. The van der Waals surface area contributed by atoms with Gasteiger partial charge in [0.15, 0.2) is 5.96 Å². The van der Waals surface area contributed by atoms with Gasteiger partial charge in [0, 0.05) is 18.0 Å². The Hall–Kier alpha value is -2.11. The van der Waals surface area contributed by atoms with Gasteiger partial charge in [-0.25, -0.2) is 4.39 Å². The fraction of sp³-hybridized carbons (Fsp3) is 0.636. The summed E-state index contributed by atoms with van der Waals surface area (Å²) in [5.74, 6) is 0.602. The van der Waals surface area contributed by atoms with Crippen LogP contribution in [0.25, 0.3) is 0 Å². The van der Waals surface area contributed by atoms with Crippen LogP contribution < -0.4 is 10.6 Å². The van der Waals surface area contributed by atoms with Crippen LogP contribution in [-0.2, 0) is 14.9 Å². The zero-order chi connectivity index (χ0) is 20.0. The van der Waals surface area contributed by atoms with Crippen LogP contribution in [-0.4, -0.2) is 37.7 Å². The first-order valence-electron chi connectivity index (χ1n) is 10.5. The number of hydrogen-bond donors (Lipinski definition) is 2. The molecule has 2 N–H and O–H groups in total. The average Bonchev–Trinajstić information content (AvgIpc) is 3.48. The van der Waals surface area contributed by atoms with Crippen molar-refractivity contribution in [3.8, 4) is 0 Å². The summed E-state index contributed by atoms with van der Waals surface area (Å²) in [4.78, 5) is 16.7. The minimum Gasteiger partial charge on any atom is -0.466 e. The second-order valence-electron chi connectivity index (χ2n) is 7.90. The molecule has 0 aliphatic heterocycles. The molecule has 2 saturated carbocycles. The molecule has 1 aromatic carbocycles. The number of esters is 1. The Bertz CT molecular complexity index is 695. The standard InChI is InChI=1S/C22H32FN3O2/c1-3-24-21(26-17-11-9-16(10-12-17)20(27)28-4-2)25-15-22(13-14-22)18-7-5-6-8-19(18)23/h5-8,16-17H,3-4,9-15H2,1-2H3,(H2,24,25,26). The quantitative estimate of drug-likeness (QED) is 0.425. The molecule has 0 bridgehead atoms. The van der Waals surface area contributed by atoms with Crippen LogP contribution in [0.4, 0.5) is 4.39 Å². The van der Waals surface area contributed by atoms with Crippen LogP contribution in [0.15, 0.2) is 29.3 Å². The van der Waals surface area contributed by atoms with E-state index in [-0.39, 0.29) is 23.1 Å². The van der Waals surface area contributed by atoms with Crippen molar-refractivity contribution < 1.29 is 13.9 Å². The Kier molecular flexibility index (Phi) is 6.92. The Balaban J connectivity index is 1.57. The number of ether oxygens (including phenoxy) is 1. The van der Waals surface area contributed by atoms with E-state index >= 15 is 0 Å². The fourth-order valence-corrected chi connectivity index (χ4v) is 4.03. The molecule has 6 heteroatoms. The summed E-state index contributed by atoms with van der Waals surface area (Å²) in [6, 6.07) is 7.34.